The van der Waals surface area contributed by atoms with Crippen molar-refractivity contribution in [2.24, 2.45) is 0 Å². The standard InChI is InChI=1S/C36H39FN2O8S2/c1-3-45-27-7-8-28(29(37)23-27)25-6-10-30(47-18-14-38-12-16-44-17-13-38)26(21-25)22-33-35(42)39(36(48)49-33)11-4-15-46-32-19-24(20-34(40)41)5-9-31(32)43-2/h5-10,19,21-23H,3-4,11-18,20H2,1-2H3,(H,40,41)/b33-22-. The number of rotatable bonds is 16. The van der Waals surface area contributed by atoms with Crippen LogP contribution in [0.3, 0.4) is 0 Å². The van der Waals surface area contributed by atoms with E-state index in [0.717, 1.165) is 19.6 Å². The maximum absolute atomic E-state index is 15.2. The molecule has 0 atom stereocenters. The van der Waals surface area contributed by atoms with Crippen LogP contribution in [0, 0.1) is 5.82 Å². The predicted molar refractivity (Wildman–Crippen MR) is 190 cm³/mol. The molecule has 2 saturated heterocycles. The van der Waals surface area contributed by atoms with Crippen molar-refractivity contribution in [3.63, 3.8) is 0 Å². The lowest BCUT2D eigenvalue weighted by Gasteiger charge is -2.26. The highest BCUT2D eigenvalue weighted by Gasteiger charge is 2.32. The monoisotopic (exact) mass is 710 g/mol. The van der Waals surface area contributed by atoms with Crippen molar-refractivity contribution < 1.29 is 42.8 Å². The van der Waals surface area contributed by atoms with Gasteiger partial charge in [-0.05, 0) is 66.9 Å². The summed E-state index contributed by atoms with van der Waals surface area (Å²) in [5, 5.41) is 9.13. The van der Waals surface area contributed by atoms with Gasteiger partial charge in [0.25, 0.3) is 5.91 Å². The maximum atomic E-state index is 15.2. The van der Waals surface area contributed by atoms with Crippen molar-refractivity contribution in [1.29, 1.82) is 0 Å². The van der Waals surface area contributed by atoms with Crippen molar-refractivity contribution in [3.8, 4) is 34.1 Å². The van der Waals surface area contributed by atoms with Crippen LogP contribution in [0.25, 0.3) is 17.2 Å². The van der Waals surface area contributed by atoms with E-state index in [1.165, 1.54) is 29.8 Å². The van der Waals surface area contributed by atoms with E-state index in [0.29, 0.717) is 93.9 Å². The number of ether oxygens (including phenoxy) is 5. The summed E-state index contributed by atoms with van der Waals surface area (Å²) in [7, 11) is 1.51. The van der Waals surface area contributed by atoms with Gasteiger partial charge in [-0.2, -0.15) is 0 Å². The fourth-order valence-corrected chi connectivity index (χ4v) is 6.71. The SMILES string of the molecule is CCOc1ccc(-c2ccc(OCCN3CCOCC3)c(/C=C3\SC(=S)N(CCCOc4cc(CC(=O)O)ccc4OC)C3=O)c2)c(F)c1. The number of thioether (sulfide) groups is 1. The number of morpholine rings is 1. The third-order valence-corrected chi connectivity index (χ3v) is 9.25. The van der Waals surface area contributed by atoms with Crippen LogP contribution in [0.4, 0.5) is 4.39 Å². The average molecular weight is 711 g/mol. The average Bonchev–Trinajstić information content (AvgIpc) is 3.35. The Balaban J connectivity index is 1.30. The second kappa shape index (κ2) is 17.5. The Labute approximate surface area is 294 Å². The number of aliphatic carboxylic acids is 1. The first kappa shape index (κ1) is 36.1. The Morgan fingerprint density at radius 2 is 1.78 bits per heavy atom. The molecule has 0 spiro atoms. The van der Waals surface area contributed by atoms with Crippen LogP contribution < -0.4 is 18.9 Å². The number of amides is 1. The lowest BCUT2D eigenvalue weighted by Crippen LogP contribution is -2.38. The second-order valence-corrected chi connectivity index (χ2v) is 12.9. The summed E-state index contributed by atoms with van der Waals surface area (Å²) < 4.78 is 43.9. The highest BCUT2D eigenvalue weighted by atomic mass is 32.2. The minimum absolute atomic E-state index is 0.137. The Morgan fingerprint density at radius 1 is 1.00 bits per heavy atom. The van der Waals surface area contributed by atoms with E-state index >= 15 is 4.39 Å². The zero-order valence-electron chi connectivity index (χ0n) is 27.4. The summed E-state index contributed by atoms with van der Waals surface area (Å²) in [5.74, 6) is 0.327. The van der Waals surface area contributed by atoms with Crippen LogP contribution in [0.5, 0.6) is 23.0 Å². The van der Waals surface area contributed by atoms with Gasteiger partial charge in [-0.3, -0.25) is 19.4 Å². The van der Waals surface area contributed by atoms with E-state index in [-0.39, 0.29) is 18.9 Å². The number of methoxy groups -OCH3 is 1. The molecule has 1 N–H and O–H groups in total. The molecule has 2 aliphatic heterocycles. The molecule has 0 bridgehead atoms. The Morgan fingerprint density at radius 3 is 2.51 bits per heavy atom. The molecule has 13 heteroatoms. The number of halogens is 1. The molecular weight excluding hydrogens is 672 g/mol. The fraction of sp³-hybridized carbons (Fsp3) is 0.361. The molecule has 49 heavy (non-hydrogen) atoms. The zero-order valence-corrected chi connectivity index (χ0v) is 29.1. The first-order valence-corrected chi connectivity index (χ1v) is 17.2. The summed E-state index contributed by atoms with van der Waals surface area (Å²) >= 11 is 6.78. The quantitative estimate of drug-likeness (QED) is 0.109. The van der Waals surface area contributed by atoms with Gasteiger partial charge in [0, 0.05) is 43.4 Å². The molecule has 10 nitrogen and oxygen atoms in total. The topological polar surface area (TPSA) is 107 Å². The lowest BCUT2D eigenvalue weighted by molar-refractivity contribution is -0.136. The molecular formula is C36H39FN2O8S2. The number of hydrogen-bond donors (Lipinski definition) is 1. The van der Waals surface area contributed by atoms with Gasteiger partial charge in [0.1, 0.15) is 28.2 Å². The van der Waals surface area contributed by atoms with Gasteiger partial charge >= 0.3 is 5.97 Å². The van der Waals surface area contributed by atoms with Crippen LogP contribution in [0.15, 0.2) is 59.5 Å². The largest absolute Gasteiger partial charge is 0.494 e. The Kier molecular flexibility index (Phi) is 12.9. The highest BCUT2D eigenvalue weighted by Crippen LogP contribution is 2.37. The van der Waals surface area contributed by atoms with Crippen molar-refractivity contribution in [2.45, 2.75) is 19.8 Å². The summed E-state index contributed by atoms with van der Waals surface area (Å²) in [4.78, 5) is 28.9. The van der Waals surface area contributed by atoms with E-state index in [2.05, 4.69) is 4.90 Å². The molecule has 1 amide bonds. The zero-order chi connectivity index (χ0) is 34.8. The van der Waals surface area contributed by atoms with E-state index in [9.17, 15) is 9.59 Å². The second-order valence-electron chi connectivity index (χ2n) is 11.2. The molecule has 3 aromatic carbocycles. The number of carbonyl (C=O) groups excluding carboxylic acids is 1. The molecule has 0 aliphatic carbocycles. The molecule has 260 valence electrons. The molecule has 0 saturated carbocycles. The van der Waals surface area contributed by atoms with Crippen molar-refractivity contribution >= 4 is 46.3 Å². The third kappa shape index (κ3) is 9.72. The van der Waals surface area contributed by atoms with Gasteiger partial charge < -0.3 is 28.8 Å². The molecule has 2 heterocycles. The van der Waals surface area contributed by atoms with Crippen LogP contribution >= 0.6 is 24.0 Å². The van der Waals surface area contributed by atoms with Gasteiger partial charge in [-0.1, -0.05) is 36.1 Å². The third-order valence-electron chi connectivity index (χ3n) is 7.87. The number of nitrogens with zero attached hydrogens (tertiary/aromatic N) is 2. The predicted octanol–water partition coefficient (Wildman–Crippen LogP) is 5.91. The van der Waals surface area contributed by atoms with Gasteiger partial charge in [0.15, 0.2) is 11.5 Å². The highest BCUT2D eigenvalue weighted by molar-refractivity contribution is 8.26. The lowest BCUT2D eigenvalue weighted by atomic mass is 10.0. The maximum Gasteiger partial charge on any atom is 0.307 e. The summed E-state index contributed by atoms with van der Waals surface area (Å²) in [6.45, 7) is 7.05. The van der Waals surface area contributed by atoms with E-state index in [1.54, 1.807) is 48.5 Å². The van der Waals surface area contributed by atoms with E-state index < -0.39 is 11.8 Å². The van der Waals surface area contributed by atoms with Gasteiger partial charge in [-0.15, -0.1) is 0 Å². The van der Waals surface area contributed by atoms with E-state index in [4.69, 9.17) is 41.0 Å². The van der Waals surface area contributed by atoms with Crippen LogP contribution in [-0.4, -0.2) is 97.4 Å². The Hall–Kier alpha value is -4.17. The number of benzene rings is 3. The van der Waals surface area contributed by atoms with Gasteiger partial charge in [0.05, 0.1) is 44.9 Å². The number of carboxylic acids is 1. The van der Waals surface area contributed by atoms with Crippen LogP contribution in [0.2, 0.25) is 0 Å². The molecule has 5 rings (SSSR count). The van der Waals surface area contributed by atoms with Gasteiger partial charge in [0.2, 0.25) is 0 Å². The fourth-order valence-electron chi connectivity index (χ4n) is 5.41. The molecule has 0 aromatic heterocycles. The normalized spacial score (nSPS) is 15.9. The first-order chi connectivity index (χ1) is 23.7. The summed E-state index contributed by atoms with van der Waals surface area (Å²) in [6, 6.07) is 15.2. The van der Waals surface area contributed by atoms with Crippen molar-refractivity contribution in [2.75, 3.05) is 66.3 Å². The molecule has 3 aromatic rings. The van der Waals surface area contributed by atoms with Crippen LogP contribution in [-0.2, 0) is 20.7 Å². The molecule has 2 aliphatic rings. The number of carboxylic acid groups (broad SMARTS) is 1. The number of carbonyl (C=O) groups is 2. The molecule has 0 unspecified atom stereocenters. The molecule has 2 fully saturated rings. The van der Waals surface area contributed by atoms with Crippen molar-refractivity contribution in [1.82, 2.24) is 9.80 Å². The van der Waals surface area contributed by atoms with Crippen molar-refractivity contribution in [3.05, 3.63) is 76.4 Å². The van der Waals surface area contributed by atoms with Crippen LogP contribution in [0.1, 0.15) is 24.5 Å². The summed E-state index contributed by atoms with van der Waals surface area (Å²) in [5.41, 5.74) is 2.24. The minimum Gasteiger partial charge on any atom is -0.494 e. The van der Waals surface area contributed by atoms with E-state index in [1.807, 2.05) is 13.0 Å². The minimum atomic E-state index is -0.944. The smallest absolute Gasteiger partial charge is 0.307 e. The molecule has 0 radical (unpaired) electrons. The Bertz CT molecular complexity index is 1700. The summed E-state index contributed by atoms with van der Waals surface area (Å²) in [6.07, 6.45) is 2.07. The first-order valence-electron chi connectivity index (χ1n) is 16.0. The number of thiocarbonyl (C=S) groups is 1. The van der Waals surface area contributed by atoms with Gasteiger partial charge in [-0.25, -0.2) is 4.39 Å². The number of hydrogen-bond acceptors (Lipinski definition) is 10.